The van der Waals surface area contributed by atoms with Gasteiger partial charge in [0.1, 0.15) is 18.0 Å². The van der Waals surface area contributed by atoms with Crippen molar-refractivity contribution in [1.29, 1.82) is 0 Å². The van der Waals surface area contributed by atoms with Crippen molar-refractivity contribution in [1.82, 2.24) is 10.6 Å². The van der Waals surface area contributed by atoms with Crippen LogP contribution in [0.3, 0.4) is 0 Å². The fourth-order valence-electron chi connectivity index (χ4n) is 1.73. The average molecular weight is 354 g/mol. The van der Waals surface area contributed by atoms with Crippen LogP contribution in [0.1, 0.15) is 10.4 Å². The number of nitrogens with one attached hydrogen (secondary N) is 2. The van der Waals surface area contributed by atoms with Gasteiger partial charge in [-0.2, -0.15) is 0 Å². The van der Waals surface area contributed by atoms with Crippen LogP contribution in [0, 0.1) is 0 Å². The third-order valence-corrected chi connectivity index (χ3v) is 3.00. The highest BCUT2D eigenvalue weighted by atomic mass is 16.5. The molecule has 1 aromatic carbocycles. The minimum atomic E-state index is -0.731. The molecule has 9 nitrogen and oxygen atoms in total. The number of carbonyl (C=O) groups excluding carboxylic acids is 3. The molecule has 0 heterocycles. The quantitative estimate of drug-likeness (QED) is 0.440. The SMILES string of the molecule is COCCNC(=O)COC(=O)CNC(=O)c1cc(OC)cc(OC)c1. The normalized spacial score (nSPS) is 9.88. The van der Waals surface area contributed by atoms with Crippen molar-refractivity contribution in [3.05, 3.63) is 23.8 Å². The molecule has 0 aliphatic rings. The van der Waals surface area contributed by atoms with Gasteiger partial charge in [0.2, 0.25) is 0 Å². The number of methoxy groups -OCH3 is 3. The van der Waals surface area contributed by atoms with Gasteiger partial charge in [-0.1, -0.05) is 0 Å². The van der Waals surface area contributed by atoms with Crippen LogP contribution in [-0.4, -0.2) is 65.4 Å². The molecule has 0 aliphatic carbocycles. The van der Waals surface area contributed by atoms with Crippen LogP contribution in [0.5, 0.6) is 11.5 Å². The third kappa shape index (κ3) is 7.53. The van der Waals surface area contributed by atoms with Gasteiger partial charge in [0.15, 0.2) is 6.61 Å². The Kier molecular flexibility index (Phi) is 8.80. The van der Waals surface area contributed by atoms with E-state index in [1.165, 1.54) is 33.5 Å². The maximum absolute atomic E-state index is 12.1. The molecule has 0 bridgehead atoms. The Morgan fingerprint density at radius 3 is 2.16 bits per heavy atom. The van der Waals surface area contributed by atoms with E-state index in [2.05, 4.69) is 10.6 Å². The van der Waals surface area contributed by atoms with Crippen LogP contribution in [0.15, 0.2) is 18.2 Å². The third-order valence-electron chi connectivity index (χ3n) is 3.00. The van der Waals surface area contributed by atoms with Gasteiger partial charge in [0.25, 0.3) is 11.8 Å². The Morgan fingerprint density at radius 1 is 0.960 bits per heavy atom. The largest absolute Gasteiger partial charge is 0.497 e. The summed E-state index contributed by atoms with van der Waals surface area (Å²) in [6, 6.07) is 4.63. The van der Waals surface area contributed by atoms with Gasteiger partial charge in [-0.3, -0.25) is 14.4 Å². The van der Waals surface area contributed by atoms with Crippen molar-refractivity contribution in [3.63, 3.8) is 0 Å². The minimum absolute atomic E-state index is 0.265. The summed E-state index contributed by atoms with van der Waals surface area (Å²) in [4.78, 5) is 35.0. The fourth-order valence-corrected chi connectivity index (χ4v) is 1.73. The zero-order valence-corrected chi connectivity index (χ0v) is 14.4. The summed E-state index contributed by atoms with van der Waals surface area (Å²) in [6.45, 7) is -0.115. The number of ether oxygens (including phenoxy) is 4. The molecule has 0 spiro atoms. The van der Waals surface area contributed by atoms with Crippen molar-refractivity contribution in [3.8, 4) is 11.5 Å². The number of hydrogen-bond donors (Lipinski definition) is 2. The van der Waals surface area contributed by atoms with Crippen molar-refractivity contribution < 1.29 is 33.3 Å². The van der Waals surface area contributed by atoms with Gasteiger partial charge in [0, 0.05) is 25.3 Å². The van der Waals surface area contributed by atoms with E-state index in [-0.39, 0.29) is 12.1 Å². The van der Waals surface area contributed by atoms with Gasteiger partial charge in [-0.25, -0.2) is 0 Å². The van der Waals surface area contributed by atoms with Gasteiger partial charge in [-0.15, -0.1) is 0 Å². The highest BCUT2D eigenvalue weighted by Gasteiger charge is 2.13. The molecule has 0 fully saturated rings. The van der Waals surface area contributed by atoms with Crippen LogP contribution < -0.4 is 20.1 Å². The Balaban J connectivity index is 2.43. The van der Waals surface area contributed by atoms with Crippen molar-refractivity contribution in [2.75, 3.05) is 47.6 Å². The molecule has 0 atom stereocenters. The molecular formula is C16H22N2O7. The number of carbonyl (C=O) groups is 3. The van der Waals surface area contributed by atoms with Gasteiger partial charge < -0.3 is 29.6 Å². The molecule has 9 heteroatoms. The van der Waals surface area contributed by atoms with Gasteiger partial charge in [0.05, 0.1) is 20.8 Å². The first-order valence-corrected chi connectivity index (χ1v) is 7.42. The summed E-state index contributed by atoms with van der Waals surface area (Å²) in [5, 5.41) is 4.90. The lowest BCUT2D eigenvalue weighted by Crippen LogP contribution is -2.34. The van der Waals surface area contributed by atoms with Crippen LogP contribution in [-0.2, 0) is 19.1 Å². The number of esters is 1. The molecule has 0 saturated heterocycles. The molecule has 0 radical (unpaired) electrons. The molecule has 0 aromatic heterocycles. The Hall–Kier alpha value is -2.81. The highest BCUT2D eigenvalue weighted by Crippen LogP contribution is 2.22. The zero-order chi connectivity index (χ0) is 18.7. The van der Waals surface area contributed by atoms with E-state index in [0.717, 1.165) is 0 Å². The average Bonchev–Trinajstić information content (AvgIpc) is 2.63. The van der Waals surface area contributed by atoms with Crippen LogP contribution >= 0.6 is 0 Å². The van der Waals surface area contributed by atoms with Gasteiger partial charge >= 0.3 is 5.97 Å². The van der Waals surface area contributed by atoms with E-state index in [1.807, 2.05) is 0 Å². The second-order valence-corrected chi connectivity index (χ2v) is 4.79. The lowest BCUT2D eigenvalue weighted by molar-refractivity contribution is -0.147. The standard InChI is InChI=1S/C16H22N2O7/c1-22-5-4-17-14(19)10-25-15(20)9-18-16(21)11-6-12(23-2)8-13(7-11)24-3/h6-8H,4-5,9-10H2,1-3H3,(H,17,19)(H,18,21). The second kappa shape index (κ2) is 10.9. The van der Waals surface area contributed by atoms with E-state index < -0.39 is 24.4 Å². The summed E-state index contributed by atoms with van der Waals surface area (Å²) in [6.07, 6.45) is 0. The molecule has 0 saturated carbocycles. The Bertz CT molecular complexity index is 582. The number of benzene rings is 1. The van der Waals surface area contributed by atoms with Crippen LogP contribution in [0.25, 0.3) is 0 Å². The van der Waals surface area contributed by atoms with Crippen molar-refractivity contribution >= 4 is 17.8 Å². The second-order valence-electron chi connectivity index (χ2n) is 4.79. The lowest BCUT2D eigenvalue weighted by Gasteiger charge is -2.09. The number of hydrogen-bond acceptors (Lipinski definition) is 7. The van der Waals surface area contributed by atoms with E-state index in [0.29, 0.717) is 24.7 Å². The molecule has 25 heavy (non-hydrogen) atoms. The van der Waals surface area contributed by atoms with Crippen molar-refractivity contribution in [2.45, 2.75) is 0 Å². The molecule has 1 aromatic rings. The first kappa shape index (κ1) is 20.2. The zero-order valence-electron chi connectivity index (χ0n) is 14.4. The molecule has 1 rings (SSSR count). The summed E-state index contributed by atoms with van der Waals surface area (Å²) < 4.78 is 19.7. The molecule has 138 valence electrons. The van der Waals surface area contributed by atoms with Crippen LogP contribution in [0.2, 0.25) is 0 Å². The molecular weight excluding hydrogens is 332 g/mol. The summed E-state index contributed by atoms with van der Waals surface area (Å²) >= 11 is 0. The smallest absolute Gasteiger partial charge is 0.325 e. The molecule has 2 N–H and O–H groups in total. The van der Waals surface area contributed by atoms with E-state index in [4.69, 9.17) is 18.9 Å². The van der Waals surface area contributed by atoms with Gasteiger partial charge in [-0.05, 0) is 12.1 Å². The van der Waals surface area contributed by atoms with Crippen molar-refractivity contribution in [2.24, 2.45) is 0 Å². The first-order valence-electron chi connectivity index (χ1n) is 7.42. The molecule has 0 aliphatic heterocycles. The lowest BCUT2D eigenvalue weighted by atomic mass is 10.2. The summed E-state index contributed by atoms with van der Waals surface area (Å²) in [7, 11) is 4.43. The number of rotatable bonds is 10. The minimum Gasteiger partial charge on any atom is -0.497 e. The number of amides is 2. The van der Waals surface area contributed by atoms with E-state index in [1.54, 1.807) is 6.07 Å². The topological polar surface area (TPSA) is 112 Å². The summed E-state index contributed by atoms with van der Waals surface area (Å²) in [5.74, 6) is -0.794. The van der Waals surface area contributed by atoms with Crippen LogP contribution in [0.4, 0.5) is 0 Å². The Labute approximate surface area is 145 Å². The molecule has 2 amide bonds. The first-order chi connectivity index (χ1) is 12.0. The monoisotopic (exact) mass is 354 g/mol. The summed E-state index contributed by atoms with van der Waals surface area (Å²) in [5.41, 5.74) is 0.265. The maximum Gasteiger partial charge on any atom is 0.325 e. The highest BCUT2D eigenvalue weighted by molar-refractivity contribution is 5.96. The Morgan fingerprint density at radius 2 is 1.60 bits per heavy atom. The molecule has 0 unspecified atom stereocenters. The predicted octanol–water partition coefficient (Wildman–Crippen LogP) is -0.261. The predicted molar refractivity (Wildman–Crippen MR) is 87.7 cm³/mol. The van der Waals surface area contributed by atoms with E-state index in [9.17, 15) is 14.4 Å². The fraction of sp³-hybridized carbons (Fsp3) is 0.438. The maximum atomic E-state index is 12.1. The van der Waals surface area contributed by atoms with E-state index >= 15 is 0 Å².